The molecule has 0 aromatic heterocycles. The van der Waals surface area contributed by atoms with Crippen molar-refractivity contribution >= 4 is 23.5 Å². The molecular formula is C12H13ClO5. The van der Waals surface area contributed by atoms with E-state index in [4.69, 9.17) is 26.6 Å². The van der Waals surface area contributed by atoms with Gasteiger partial charge >= 0.3 is 11.9 Å². The third kappa shape index (κ3) is 3.63. The van der Waals surface area contributed by atoms with E-state index in [9.17, 15) is 9.59 Å². The van der Waals surface area contributed by atoms with Crippen molar-refractivity contribution in [1.29, 1.82) is 0 Å². The summed E-state index contributed by atoms with van der Waals surface area (Å²) in [6.07, 6.45) is 0.0308. The van der Waals surface area contributed by atoms with Crippen molar-refractivity contribution in [2.45, 2.75) is 17.7 Å². The van der Waals surface area contributed by atoms with Gasteiger partial charge in [0.2, 0.25) is 4.87 Å². The fourth-order valence-corrected chi connectivity index (χ4v) is 1.46. The van der Waals surface area contributed by atoms with Gasteiger partial charge in [-0.1, -0.05) is 29.8 Å². The van der Waals surface area contributed by atoms with Crippen LogP contribution in [0.3, 0.4) is 0 Å². The second kappa shape index (κ2) is 6.26. The van der Waals surface area contributed by atoms with Gasteiger partial charge in [-0.2, -0.15) is 0 Å². The van der Waals surface area contributed by atoms with E-state index < -0.39 is 16.8 Å². The molecule has 0 fully saturated rings. The lowest BCUT2D eigenvalue weighted by Gasteiger charge is -2.16. The predicted molar refractivity (Wildman–Crippen MR) is 65.0 cm³/mol. The first-order chi connectivity index (χ1) is 8.47. The molecule has 1 aromatic carbocycles. The highest BCUT2D eigenvalue weighted by Gasteiger charge is 2.44. The molecule has 0 saturated carbocycles. The van der Waals surface area contributed by atoms with Gasteiger partial charge in [0, 0.05) is 0 Å². The Morgan fingerprint density at radius 1 is 1.17 bits per heavy atom. The Labute approximate surface area is 109 Å². The van der Waals surface area contributed by atoms with Crippen molar-refractivity contribution in [1.82, 2.24) is 0 Å². The van der Waals surface area contributed by atoms with Crippen molar-refractivity contribution in [3.63, 3.8) is 0 Å². The highest BCUT2D eigenvalue weighted by atomic mass is 35.5. The number of ether oxygens (including phenoxy) is 1. The third-order valence-electron chi connectivity index (χ3n) is 2.36. The van der Waals surface area contributed by atoms with Crippen LogP contribution in [0.5, 0.6) is 5.75 Å². The molecule has 0 aliphatic carbocycles. The fourth-order valence-electron chi connectivity index (χ4n) is 1.33. The van der Waals surface area contributed by atoms with Crippen molar-refractivity contribution in [2.24, 2.45) is 0 Å². The van der Waals surface area contributed by atoms with Crippen molar-refractivity contribution in [3.05, 3.63) is 30.3 Å². The van der Waals surface area contributed by atoms with Crippen molar-refractivity contribution < 1.29 is 24.5 Å². The van der Waals surface area contributed by atoms with Gasteiger partial charge in [0.15, 0.2) is 0 Å². The van der Waals surface area contributed by atoms with Crippen LogP contribution in [0, 0.1) is 0 Å². The molecule has 98 valence electrons. The molecule has 0 heterocycles. The largest absolute Gasteiger partial charge is 0.494 e. The highest BCUT2D eigenvalue weighted by molar-refractivity contribution is 6.44. The van der Waals surface area contributed by atoms with Crippen LogP contribution in [0.4, 0.5) is 0 Å². The van der Waals surface area contributed by atoms with Crippen molar-refractivity contribution in [3.8, 4) is 5.75 Å². The van der Waals surface area contributed by atoms with Gasteiger partial charge in [-0.3, -0.25) is 0 Å². The molecular weight excluding hydrogens is 260 g/mol. The molecule has 18 heavy (non-hydrogen) atoms. The molecule has 0 atom stereocenters. The van der Waals surface area contributed by atoms with Crippen LogP contribution in [0.15, 0.2) is 30.3 Å². The van der Waals surface area contributed by atoms with E-state index in [1.54, 1.807) is 24.3 Å². The standard InChI is InChI=1S/C12H13ClO5/c13-12(10(14)15,11(16)17)7-4-8-18-9-5-2-1-3-6-9/h1-3,5-6H,4,7-8H2,(H,14,15)(H,16,17). The summed E-state index contributed by atoms with van der Waals surface area (Å²) >= 11 is 5.54. The Balaban J connectivity index is 2.41. The highest BCUT2D eigenvalue weighted by Crippen LogP contribution is 2.23. The number of carboxylic acid groups (broad SMARTS) is 2. The normalized spacial score (nSPS) is 10.9. The Morgan fingerprint density at radius 2 is 1.72 bits per heavy atom. The lowest BCUT2D eigenvalue weighted by Crippen LogP contribution is -2.41. The summed E-state index contributed by atoms with van der Waals surface area (Å²) in [5.41, 5.74) is 0. The first-order valence-corrected chi connectivity index (χ1v) is 5.68. The third-order valence-corrected chi connectivity index (χ3v) is 2.87. The fraction of sp³-hybridized carbons (Fsp3) is 0.333. The molecule has 0 unspecified atom stereocenters. The summed E-state index contributed by atoms with van der Waals surface area (Å²) in [6.45, 7) is 0.207. The summed E-state index contributed by atoms with van der Waals surface area (Å²) in [6, 6.07) is 8.95. The predicted octanol–water partition coefficient (Wildman–Crippen LogP) is 1.99. The average molecular weight is 273 g/mol. The number of para-hydroxylation sites is 1. The minimum absolute atomic E-state index is 0.202. The number of hydrogen-bond donors (Lipinski definition) is 2. The molecule has 0 spiro atoms. The number of carboxylic acids is 2. The maximum absolute atomic E-state index is 10.8. The van der Waals surface area contributed by atoms with Crippen LogP contribution in [0.25, 0.3) is 0 Å². The lowest BCUT2D eigenvalue weighted by atomic mass is 10.0. The number of carbonyl (C=O) groups is 2. The monoisotopic (exact) mass is 272 g/mol. The summed E-state index contributed by atoms with van der Waals surface area (Å²) < 4.78 is 5.32. The van der Waals surface area contributed by atoms with Crippen molar-refractivity contribution in [2.75, 3.05) is 6.61 Å². The molecule has 5 nitrogen and oxygen atoms in total. The van der Waals surface area contributed by atoms with E-state index in [0.717, 1.165) is 0 Å². The molecule has 0 bridgehead atoms. The first kappa shape index (κ1) is 14.3. The second-order valence-corrected chi connectivity index (χ2v) is 4.32. The number of hydrogen-bond acceptors (Lipinski definition) is 3. The Bertz CT molecular complexity index is 404. The van der Waals surface area contributed by atoms with Crippen LogP contribution in [0.1, 0.15) is 12.8 Å². The van der Waals surface area contributed by atoms with E-state index in [1.807, 2.05) is 6.07 Å². The number of rotatable bonds is 7. The van der Waals surface area contributed by atoms with E-state index in [0.29, 0.717) is 5.75 Å². The Hall–Kier alpha value is -1.75. The Morgan fingerprint density at radius 3 is 2.22 bits per heavy atom. The van der Waals surface area contributed by atoms with Crippen LogP contribution < -0.4 is 4.74 Å². The van der Waals surface area contributed by atoms with E-state index in [2.05, 4.69) is 0 Å². The molecule has 0 aliphatic rings. The average Bonchev–Trinajstić information content (AvgIpc) is 2.35. The lowest BCUT2D eigenvalue weighted by molar-refractivity contribution is -0.152. The molecule has 0 saturated heterocycles. The number of alkyl halides is 1. The topological polar surface area (TPSA) is 83.8 Å². The zero-order valence-corrected chi connectivity index (χ0v) is 10.3. The summed E-state index contributed by atoms with van der Waals surface area (Å²) in [5.74, 6) is -2.48. The van der Waals surface area contributed by atoms with Gasteiger partial charge in [-0.15, -0.1) is 0 Å². The first-order valence-electron chi connectivity index (χ1n) is 5.30. The maximum atomic E-state index is 10.8. The van der Waals surface area contributed by atoms with Gasteiger partial charge < -0.3 is 14.9 Å². The summed E-state index contributed by atoms with van der Waals surface area (Å²) in [7, 11) is 0. The molecule has 1 aromatic rings. The zero-order chi connectivity index (χ0) is 13.6. The second-order valence-electron chi connectivity index (χ2n) is 3.68. The molecule has 2 N–H and O–H groups in total. The zero-order valence-electron chi connectivity index (χ0n) is 9.51. The maximum Gasteiger partial charge on any atom is 0.336 e. The number of aliphatic carboxylic acids is 2. The van der Waals surface area contributed by atoms with Crippen LogP contribution in [-0.4, -0.2) is 33.6 Å². The van der Waals surface area contributed by atoms with Crippen LogP contribution >= 0.6 is 11.6 Å². The minimum Gasteiger partial charge on any atom is -0.494 e. The van der Waals surface area contributed by atoms with Gasteiger partial charge in [0.1, 0.15) is 5.75 Å². The van der Waals surface area contributed by atoms with Gasteiger partial charge in [0.05, 0.1) is 6.61 Å². The summed E-state index contributed by atoms with van der Waals surface area (Å²) in [5, 5.41) is 17.5. The van der Waals surface area contributed by atoms with E-state index in [1.165, 1.54) is 0 Å². The molecule has 0 amide bonds. The minimum atomic E-state index is -2.28. The Kier molecular flexibility index (Phi) is 4.97. The van der Waals surface area contributed by atoms with Gasteiger partial charge in [-0.05, 0) is 25.0 Å². The van der Waals surface area contributed by atoms with E-state index in [-0.39, 0.29) is 19.4 Å². The van der Waals surface area contributed by atoms with Gasteiger partial charge in [0.25, 0.3) is 0 Å². The molecule has 0 aliphatic heterocycles. The quantitative estimate of drug-likeness (QED) is 0.450. The SMILES string of the molecule is O=C(O)C(Cl)(CCCOc1ccccc1)C(=O)O. The van der Waals surface area contributed by atoms with Gasteiger partial charge in [-0.25, -0.2) is 9.59 Å². The number of halogens is 1. The molecule has 0 radical (unpaired) electrons. The molecule has 6 heteroatoms. The summed E-state index contributed by atoms with van der Waals surface area (Å²) in [4.78, 5) is 19.3. The van der Waals surface area contributed by atoms with E-state index >= 15 is 0 Å². The smallest absolute Gasteiger partial charge is 0.336 e. The van der Waals surface area contributed by atoms with Crippen LogP contribution in [-0.2, 0) is 9.59 Å². The molecule has 1 rings (SSSR count). The van der Waals surface area contributed by atoms with Crippen LogP contribution in [0.2, 0.25) is 0 Å². The number of benzene rings is 1.